The van der Waals surface area contributed by atoms with Gasteiger partial charge >= 0.3 is 0 Å². The fourth-order valence-electron chi connectivity index (χ4n) is 2.01. The van der Waals surface area contributed by atoms with Crippen LogP contribution in [0.15, 0.2) is 30.5 Å². The van der Waals surface area contributed by atoms with Gasteiger partial charge in [-0.15, -0.1) is 0 Å². The zero-order valence-electron chi connectivity index (χ0n) is 11.5. The molecule has 0 aliphatic rings. The van der Waals surface area contributed by atoms with E-state index in [2.05, 4.69) is 17.0 Å². The molecule has 4 heteroatoms. The minimum atomic E-state index is 0.233. The fraction of sp³-hybridized carbons (Fsp3) is 0.400. The number of carbonyl (C=O) groups excluding carboxylic acids is 1. The zero-order valence-corrected chi connectivity index (χ0v) is 11.5. The van der Waals surface area contributed by atoms with Crippen LogP contribution in [0.4, 0.5) is 0 Å². The number of rotatable bonds is 6. The number of hydrogen-bond donors (Lipinski definition) is 0. The minimum absolute atomic E-state index is 0.233. The maximum absolute atomic E-state index is 12.0. The summed E-state index contributed by atoms with van der Waals surface area (Å²) < 4.78 is 1.80. The molecule has 0 unspecified atom stereocenters. The average Bonchev–Trinajstić information content (AvgIpc) is 2.78. The van der Waals surface area contributed by atoms with E-state index in [4.69, 9.17) is 0 Å². The molecule has 0 aliphatic heterocycles. The second-order valence-electron chi connectivity index (χ2n) is 4.64. The second-order valence-corrected chi connectivity index (χ2v) is 4.64. The highest BCUT2D eigenvalue weighted by atomic mass is 16.1. The van der Waals surface area contributed by atoms with E-state index in [0.29, 0.717) is 19.3 Å². The normalized spacial score (nSPS) is 10.6. The number of Topliss-reactive ketones (excluding diaryl/α,β-unsaturated/α-hetero) is 1. The Balaban J connectivity index is 1.89. The van der Waals surface area contributed by atoms with Crippen LogP contribution >= 0.6 is 0 Å². The first-order valence-corrected chi connectivity index (χ1v) is 6.62. The van der Waals surface area contributed by atoms with Gasteiger partial charge in [0.05, 0.1) is 5.69 Å². The molecule has 0 spiro atoms. The van der Waals surface area contributed by atoms with Crippen LogP contribution in [0.25, 0.3) is 0 Å². The summed E-state index contributed by atoms with van der Waals surface area (Å²) in [5.41, 5.74) is 2.99. The van der Waals surface area contributed by atoms with E-state index >= 15 is 0 Å². The number of pyridine rings is 1. The molecule has 0 aliphatic carbocycles. The van der Waals surface area contributed by atoms with E-state index in [1.165, 1.54) is 0 Å². The van der Waals surface area contributed by atoms with Crippen LogP contribution < -0.4 is 0 Å². The number of hydrogen-bond acceptors (Lipinski definition) is 3. The molecule has 0 saturated heterocycles. The molecule has 0 amide bonds. The van der Waals surface area contributed by atoms with Crippen molar-refractivity contribution in [1.82, 2.24) is 14.8 Å². The third-order valence-corrected chi connectivity index (χ3v) is 3.15. The summed E-state index contributed by atoms with van der Waals surface area (Å²) in [7, 11) is 1.89. The molecule has 0 fully saturated rings. The Bertz CT molecular complexity index is 546. The van der Waals surface area contributed by atoms with Crippen molar-refractivity contribution in [2.75, 3.05) is 0 Å². The average molecular weight is 257 g/mol. The second kappa shape index (κ2) is 6.27. The molecule has 2 heterocycles. The maximum atomic E-state index is 12.0. The molecule has 2 rings (SSSR count). The number of carbonyl (C=O) groups is 1. The lowest BCUT2D eigenvalue weighted by molar-refractivity contribution is -0.118. The van der Waals surface area contributed by atoms with Crippen molar-refractivity contribution in [3.63, 3.8) is 0 Å². The molecule has 0 N–H and O–H groups in total. The van der Waals surface area contributed by atoms with Crippen molar-refractivity contribution in [2.45, 2.75) is 32.6 Å². The largest absolute Gasteiger partial charge is 0.299 e. The van der Waals surface area contributed by atoms with Crippen LogP contribution in [0.2, 0.25) is 0 Å². The highest BCUT2D eigenvalue weighted by Crippen LogP contribution is 2.07. The SMILES string of the molecule is CCc1cc(CC(=O)CCc2ccccn2)n(C)n1. The summed E-state index contributed by atoms with van der Waals surface area (Å²) in [4.78, 5) is 16.2. The van der Waals surface area contributed by atoms with Crippen molar-refractivity contribution >= 4 is 5.78 Å². The van der Waals surface area contributed by atoms with Gasteiger partial charge in [0.2, 0.25) is 0 Å². The Kier molecular flexibility index (Phi) is 4.44. The van der Waals surface area contributed by atoms with Gasteiger partial charge in [0.25, 0.3) is 0 Å². The Morgan fingerprint density at radius 2 is 2.16 bits per heavy atom. The number of aromatic nitrogens is 3. The predicted octanol–water partition coefficient (Wildman–Crippen LogP) is 2.12. The molecule has 0 atom stereocenters. The van der Waals surface area contributed by atoms with Crippen LogP contribution in [-0.4, -0.2) is 20.5 Å². The van der Waals surface area contributed by atoms with Gasteiger partial charge in [-0.3, -0.25) is 14.5 Å². The summed E-state index contributed by atoms with van der Waals surface area (Å²) in [5.74, 6) is 0.233. The van der Waals surface area contributed by atoms with E-state index < -0.39 is 0 Å². The van der Waals surface area contributed by atoms with Gasteiger partial charge in [-0.25, -0.2) is 0 Å². The van der Waals surface area contributed by atoms with Crippen LogP contribution in [0, 0.1) is 0 Å². The van der Waals surface area contributed by atoms with Gasteiger partial charge in [0.1, 0.15) is 5.78 Å². The molecule has 2 aromatic rings. The smallest absolute Gasteiger partial charge is 0.139 e. The van der Waals surface area contributed by atoms with Crippen molar-refractivity contribution in [3.05, 3.63) is 47.5 Å². The van der Waals surface area contributed by atoms with E-state index in [0.717, 1.165) is 23.5 Å². The highest BCUT2D eigenvalue weighted by molar-refractivity contribution is 5.80. The lowest BCUT2D eigenvalue weighted by Crippen LogP contribution is -2.08. The van der Waals surface area contributed by atoms with Crippen LogP contribution in [-0.2, 0) is 31.1 Å². The standard InChI is InChI=1S/C15H19N3O/c1-3-12-10-14(18(2)17-12)11-15(19)8-7-13-6-4-5-9-16-13/h4-6,9-10H,3,7-8,11H2,1-2H3. The fourth-order valence-corrected chi connectivity index (χ4v) is 2.01. The molecule has 0 bridgehead atoms. The maximum Gasteiger partial charge on any atom is 0.139 e. The van der Waals surface area contributed by atoms with Gasteiger partial charge in [-0.2, -0.15) is 5.10 Å². The number of ketones is 1. The number of aryl methyl sites for hydroxylation is 3. The van der Waals surface area contributed by atoms with Gasteiger partial charge in [0, 0.05) is 37.5 Å². The van der Waals surface area contributed by atoms with Crippen molar-refractivity contribution in [1.29, 1.82) is 0 Å². The molecule has 0 radical (unpaired) electrons. The van der Waals surface area contributed by atoms with Gasteiger partial charge in [-0.05, 0) is 31.0 Å². The molecule has 100 valence electrons. The van der Waals surface area contributed by atoms with Crippen molar-refractivity contribution in [2.24, 2.45) is 7.05 Å². The molecule has 0 saturated carbocycles. The molecule has 4 nitrogen and oxygen atoms in total. The summed E-state index contributed by atoms with van der Waals surface area (Å²) in [6, 6.07) is 7.79. The summed E-state index contributed by atoms with van der Waals surface area (Å²) in [6.45, 7) is 2.06. The molecular weight excluding hydrogens is 238 g/mol. The van der Waals surface area contributed by atoms with Crippen molar-refractivity contribution < 1.29 is 4.79 Å². The van der Waals surface area contributed by atoms with E-state index in [-0.39, 0.29) is 5.78 Å². The Labute approximate surface area is 113 Å². The monoisotopic (exact) mass is 257 g/mol. The first-order chi connectivity index (χ1) is 9.19. The molecular formula is C15H19N3O. The summed E-state index contributed by atoms with van der Waals surface area (Å²) >= 11 is 0. The summed E-state index contributed by atoms with van der Waals surface area (Å²) in [6.07, 6.45) is 4.35. The topological polar surface area (TPSA) is 47.8 Å². The van der Waals surface area contributed by atoms with E-state index in [1.807, 2.05) is 31.3 Å². The van der Waals surface area contributed by atoms with E-state index in [9.17, 15) is 4.79 Å². The highest BCUT2D eigenvalue weighted by Gasteiger charge is 2.09. The molecule has 19 heavy (non-hydrogen) atoms. The van der Waals surface area contributed by atoms with Gasteiger partial charge in [-0.1, -0.05) is 13.0 Å². The third kappa shape index (κ3) is 3.74. The number of nitrogens with zero attached hydrogens (tertiary/aromatic N) is 3. The summed E-state index contributed by atoms with van der Waals surface area (Å²) in [5, 5.41) is 4.35. The quantitative estimate of drug-likeness (QED) is 0.796. The molecule has 2 aromatic heterocycles. The first kappa shape index (κ1) is 13.5. The van der Waals surface area contributed by atoms with Gasteiger partial charge in [0.15, 0.2) is 0 Å². The Morgan fingerprint density at radius 1 is 1.32 bits per heavy atom. The first-order valence-electron chi connectivity index (χ1n) is 6.62. The minimum Gasteiger partial charge on any atom is -0.299 e. The lowest BCUT2D eigenvalue weighted by Gasteiger charge is -2.01. The Hall–Kier alpha value is -1.97. The molecule has 0 aromatic carbocycles. The lowest BCUT2D eigenvalue weighted by atomic mass is 10.1. The van der Waals surface area contributed by atoms with Crippen LogP contribution in [0.1, 0.15) is 30.4 Å². The zero-order chi connectivity index (χ0) is 13.7. The van der Waals surface area contributed by atoms with Crippen LogP contribution in [0.3, 0.4) is 0 Å². The Morgan fingerprint density at radius 3 is 2.79 bits per heavy atom. The van der Waals surface area contributed by atoms with E-state index in [1.54, 1.807) is 10.9 Å². The van der Waals surface area contributed by atoms with Gasteiger partial charge < -0.3 is 0 Å². The predicted molar refractivity (Wildman–Crippen MR) is 73.9 cm³/mol. The van der Waals surface area contributed by atoms with Crippen LogP contribution in [0.5, 0.6) is 0 Å². The van der Waals surface area contributed by atoms with Crippen molar-refractivity contribution in [3.8, 4) is 0 Å². The third-order valence-electron chi connectivity index (χ3n) is 3.15.